The van der Waals surface area contributed by atoms with E-state index < -0.39 is 11.1 Å². The molecule has 0 aromatic carbocycles. The zero-order chi connectivity index (χ0) is 9.40. The SMILES string of the molecule is CCCCCOC(=O)C(Cl)=NO. The lowest BCUT2D eigenvalue weighted by Crippen LogP contribution is -2.12. The van der Waals surface area contributed by atoms with Gasteiger partial charge in [-0.1, -0.05) is 36.5 Å². The number of hydrogen-bond acceptors (Lipinski definition) is 4. The van der Waals surface area contributed by atoms with Gasteiger partial charge in [-0.05, 0) is 6.42 Å². The van der Waals surface area contributed by atoms with Gasteiger partial charge in [0.25, 0.3) is 5.17 Å². The highest BCUT2D eigenvalue weighted by Gasteiger charge is 2.09. The molecule has 0 heterocycles. The quantitative estimate of drug-likeness (QED) is 0.238. The lowest BCUT2D eigenvalue weighted by molar-refractivity contribution is -0.135. The molecule has 0 bridgehead atoms. The molecule has 0 aromatic rings. The molecule has 0 fully saturated rings. The zero-order valence-corrected chi connectivity index (χ0v) is 7.67. The average Bonchev–Trinajstić information content (AvgIpc) is 2.10. The molecule has 1 N–H and O–H groups in total. The van der Waals surface area contributed by atoms with Gasteiger partial charge in [-0.2, -0.15) is 0 Å². The van der Waals surface area contributed by atoms with Crippen molar-refractivity contribution >= 4 is 22.7 Å². The van der Waals surface area contributed by atoms with Crippen molar-refractivity contribution in [3.05, 3.63) is 0 Å². The van der Waals surface area contributed by atoms with E-state index in [1.54, 1.807) is 0 Å². The maximum atomic E-state index is 10.7. The van der Waals surface area contributed by atoms with Gasteiger partial charge in [-0.15, -0.1) is 0 Å². The smallest absolute Gasteiger partial charge is 0.372 e. The summed E-state index contributed by atoms with van der Waals surface area (Å²) in [6.45, 7) is 2.36. The number of hydrogen-bond donors (Lipinski definition) is 1. The van der Waals surface area contributed by atoms with Crippen LogP contribution in [0.4, 0.5) is 0 Å². The molecule has 0 radical (unpaired) electrons. The van der Waals surface area contributed by atoms with E-state index in [-0.39, 0.29) is 0 Å². The van der Waals surface area contributed by atoms with E-state index in [1.807, 2.05) is 6.92 Å². The Morgan fingerprint density at radius 1 is 1.58 bits per heavy atom. The fourth-order valence-corrected chi connectivity index (χ4v) is 0.672. The summed E-state index contributed by atoms with van der Waals surface area (Å²) in [5.74, 6) is -0.782. The molecule has 0 spiro atoms. The second-order valence-electron chi connectivity index (χ2n) is 2.23. The van der Waals surface area contributed by atoms with Crippen molar-refractivity contribution in [2.45, 2.75) is 26.2 Å². The van der Waals surface area contributed by atoms with Gasteiger partial charge in [-0.3, -0.25) is 0 Å². The first-order chi connectivity index (χ1) is 5.72. The molecule has 0 saturated carbocycles. The van der Waals surface area contributed by atoms with E-state index in [0.29, 0.717) is 6.61 Å². The zero-order valence-electron chi connectivity index (χ0n) is 6.92. The van der Waals surface area contributed by atoms with Crippen LogP contribution in [-0.4, -0.2) is 23.0 Å². The third-order valence-electron chi connectivity index (χ3n) is 1.24. The van der Waals surface area contributed by atoms with Gasteiger partial charge < -0.3 is 9.94 Å². The minimum absolute atomic E-state index is 0.318. The molecule has 0 rings (SSSR count). The van der Waals surface area contributed by atoms with E-state index >= 15 is 0 Å². The number of carbonyl (C=O) groups is 1. The van der Waals surface area contributed by atoms with Crippen molar-refractivity contribution in [1.29, 1.82) is 0 Å². The van der Waals surface area contributed by atoms with Gasteiger partial charge in [0, 0.05) is 0 Å². The van der Waals surface area contributed by atoms with E-state index in [4.69, 9.17) is 16.8 Å². The van der Waals surface area contributed by atoms with Crippen LogP contribution in [0.3, 0.4) is 0 Å². The van der Waals surface area contributed by atoms with E-state index in [0.717, 1.165) is 19.3 Å². The normalized spacial score (nSPS) is 11.3. The molecular formula is C7H12ClNO3. The first kappa shape index (κ1) is 11.2. The summed E-state index contributed by atoms with van der Waals surface area (Å²) in [5.41, 5.74) is 0. The Hall–Kier alpha value is -0.770. The number of rotatable bonds is 5. The van der Waals surface area contributed by atoms with Crippen LogP contribution in [0.1, 0.15) is 26.2 Å². The number of halogens is 1. The van der Waals surface area contributed by atoms with Gasteiger partial charge >= 0.3 is 5.97 Å². The number of ether oxygens (including phenoxy) is 1. The highest BCUT2D eigenvalue weighted by atomic mass is 35.5. The summed E-state index contributed by atoms with van der Waals surface area (Å²) >= 11 is 5.15. The molecule has 0 unspecified atom stereocenters. The first-order valence-electron chi connectivity index (χ1n) is 3.77. The summed E-state index contributed by atoms with van der Waals surface area (Å²) in [4.78, 5) is 10.7. The summed E-state index contributed by atoms with van der Waals surface area (Å²) in [6, 6.07) is 0. The van der Waals surface area contributed by atoms with Crippen LogP contribution in [0.15, 0.2) is 5.16 Å². The minimum atomic E-state index is -0.782. The van der Waals surface area contributed by atoms with Crippen LogP contribution in [0, 0.1) is 0 Å². The summed E-state index contributed by atoms with van der Waals surface area (Å²) in [6.07, 6.45) is 2.86. The van der Waals surface area contributed by atoms with Gasteiger partial charge in [0.1, 0.15) is 0 Å². The van der Waals surface area contributed by atoms with Crippen LogP contribution in [0.25, 0.3) is 0 Å². The highest BCUT2D eigenvalue weighted by Crippen LogP contribution is 1.96. The maximum Gasteiger partial charge on any atom is 0.372 e. The molecule has 70 valence electrons. The molecule has 0 saturated heterocycles. The number of esters is 1. The van der Waals surface area contributed by atoms with Crippen molar-refractivity contribution in [3.63, 3.8) is 0 Å². The molecule has 4 nitrogen and oxygen atoms in total. The lowest BCUT2D eigenvalue weighted by Gasteiger charge is -2.00. The van der Waals surface area contributed by atoms with Crippen LogP contribution < -0.4 is 0 Å². The predicted molar refractivity (Wildman–Crippen MR) is 45.6 cm³/mol. The second kappa shape index (κ2) is 6.91. The van der Waals surface area contributed by atoms with Crippen LogP contribution >= 0.6 is 11.6 Å². The van der Waals surface area contributed by atoms with Crippen molar-refractivity contribution in [3.8, 4) is 0 Å². The van der Waals surface area contributed by atoms with E-state index in [9.17, 15) is 4.79 Å². The largest absolute Gasteiger partial charge is 0.460 e. The van der Waals surface area contributed by atoms with Gasteiger partial charge in [-0.25, -0.2) is 4.79 Å². The Kier molecular flexibility index (Phi) is 6.47. The third-order valence-corrected chi connectivity index (χ3v) is 1.47. The Morgan fingerprint density at radius 2 is 2.25 bits per heavy atom. The Labute approximate surface area is 76.2 Å². The fourth-order valence-electron chi connectivity index (χ4n) is 0.617. The monoisotopic (exact) mass is 193 g/mol. The highest BCUT2D eigenvalue weighted by molar-refractivity contribution is 6.81. The van der Waals surface area contributed by atoms with Crippen LogP contribution in [0.5, 0.6) is 0 Å². The molecular weight excluding hydrogens is 182 g/mol. The second-order valence-corrected chi connectivity index (χ2v) is 2.59. The number of oxime groups is 1. The minimum Gasteiger partial charge on any atom is -0.460 e. The van der Waals surface area contributed by atoms with Crippen molar-refractivity contribution in [2.75, 3.05) is 6.61 Å². The molecule has 0 aliphatic rings. The summed E-state index contributed by atoms with van der Waals surface area (Å²) < 4.78 is 4.64. The van der Waals surface area contributed by atoms with Crippen LogP contribution in [0.2, 0.25) is 0 Å². The Bertz CT molecular complexity index is 170. The van der Waals surface area contributed by atoms with Gasteiger partial charge in [0.05, 0.1) is 6.61 Å². The van der Waals surface area contributed by atoms with E-state index in [2.05, 4.69) is 9.89 Å². The predicted octanol–water partition coefficient (Wildman–Crippen LogP) is 1.75. The van der Waals surface area contributed by atoms with Crippen LogP contribution in [-0.2, 0) is 9.53 Å². The summed E-state index contributed by atoms with van der Waals surface area (Å²) in [7, 11) is 0. The molecule has 0 aliphatic carbocycles. The number of unbranched alkanes of at least 4 members (excludes halogenated alkanes) is 2. The van der Waals surface area contributed by atoms with Gasteiger partial charge in [0.2, 0.25) is 0 Å². The van der Waals surface area contributed by atoms with Crippen molar-refractivity contribution in [2.24, 2.45) is 5.16 Å². The summed E-state index contributed by atoms with van der Waals surface area (Å²) in [5, 5.41) is 10.0. The molecule has 0 aliphatic heterocycles. The molecule has 12 heavy (non-hydrogen) atoms. The van der Waals surface area contributed by atoms with Crippen molar-refractivity contribution < 1.29 is 14.7 Å². The maximum absolute atomic E-state index is 10.7. The first-order valence-corrected chi connectivity index (χ1v) is 4.14. The number of nitrogens with zero attached hydrogens (tertiary/aromatic N) is 1. The lowest BCUT2D eigenvalue weighted by atomic mass is 10.3. The standard InChI is InChI=1S/C7H12ClNO3/c1-2-3-4-5-12-7(10)6(8)9-11/h11H,2-5H2,1H3. The molecule has 0 atom stereocenters. The molecule has 5 heteroatoms. The Morgan fingerprint density at radius 3 is 2.75 bits per heavy atom. The van der Waals surface area contributed by atoms with Gasteiger partial charge in [0.15, 0.2) is 0 Å². The number of carbonyl (C=O) groups excluding carboxylic acids is 1. The average molecular weight is 194 g/mol. The Balaban J connectivity index is 3.45. The third kappa shape index (κ3) is 4.96. The fraction of sp³-hybridized carbons (Fsp3) is 0.714. The molecule has 0 aromatic heterocycles. The molecule has 0 amide bonds. The van der Waals surface area contributed by atoms with E-state index in [1.165, 1.54) is 0 Å². The van der Waals surface area contributed by atoms with Crippen molar-refractivity contribution in [1.82, 2.24) is 0 Å². The topological polar surface area (TPSA) is 58.9 Å².